The predicted molar refractivity (Wildman–Crippen MR) is 83.8 cm³/mol. The number of sulfone groups is 1. The van der Waals surface area contributed by atoms with Crippen LogP contribution in [-0.4, -0.2) is 20.2 Å². The van der Waals surface area contributed by atoms with Gasteiger partial charge < -0.3 is 5.73 Å². The van der Waals surface area contributed by atoms with Crippen LogP contribution >= 0.6 is 0 Å². The first-order valence-electron chi connectivity index (χ1n) is 7.21. The van der Waals surface area contributed by atoms with Gasteiger partial charge in [0.25, 0.3) is 0 Å². The van der Waals surface area contributed by atoms with Crippen LogP contribution in [-0.2, 0) is 9.84 Å². The van der Waals surface area contributed by atoms with Crippen molar-refractivity contribution in [3.63, 3.8) is 0 Å². The highest BCUT2D eigenvalue weighted by molar-refractivity contribution is 7.92. The van der Waals surface area contributed by atoms with E-state index in [2.05, 4.69) is 0 Å². The van der Waals surface area contributed by atoms with Gasteiger partial charge in [-0.15, -0.1) is 0 Å². The third-order valence-electron chi connectivity index (χ3n) is 4.31. The van der Waals surface area contributed by atoms with Crippen molar-refractivity contribution in [3.05, 3.63) is 65.5 Å². The Morgan fingerprint density at radius 3 is 2.41 bits per heavy atom. The molecule has 2 aromatic carbocycles. The number of rotatable bonds is 4. The molecule has 1 aliphatic carbocycles. The zero-order valence-electron chi connectivity index (χ0n) is 12.2. The Balaban J connectivity index is 1.95. The molecule has 5 heteroatoms. The highest BCUT2D eigenvalue weighted by Gasteiger charge is 2.58. The van der Waals surface area contributed by atoms with Gasteiger partial charge in [-0.2, -0.15) is 0 Å². The molecule has 0 bridgehead atoms. The van der Waals surface area contributed by atoms with Crippen molar-refractivity contribution in [1.29, 1.82) is 0 Å². The molecule has 3 nitrogen and oxygen atoms in total. The van der Waals surface area contributed by atoms with Gasteiger partial charge in [0.1, 0.15) is 5.82 Å². The van der Waals surface area contributed by atoms with Gasteiger partial charge in [-0.1, -0.05) is 29.8 Å². The molecule has 1 fully saturated rings. The maximum atomic E-state index is 13.4. The molecule has 2 aromatic rings. The van der Waals surface area contributed by atoms with E-state index in [4.69, 9.17) is 5.73 Å². The smallest absolute Gasteiger partial charge is 0.182 e. The summed E-state index contributed by atoms with van der Waals surface area (Å²) in [5.41, 5.74) is 7.44. The van der Waals surface area contributed by atoms with Crippen molar-refractivity contribution in [1.82, 2.24) is 0 Å². The fourth-order valence-corrected chi connectivity index (χ4v) is 5.31. The van der Waals surface area contributed by atoms with Crippen LogP contribution in [0, 0.1) is 18.7 Å². The predicted octanol–water partition coefficient (Wildman–Crippen LogP) is 2.65. The van der Waals surface area contributed by atoms with Crippen LogP contribution in [0.15, 0.2) is 53.4 Å². The maximum absolute atomic E-state index is 13.4. The van der Waals surface area contributed by atoms with Gasteiger partial charge in [0.05, 0.1) is 10.1 Å². The van der Waals surface area contributed by atoms with Crippen LogP contribution in [0.2, 0.25) is 0 Å². The molecular weight excluding hydrogens is 301 g/mol. The molecule has 1 saturated carbocycles. The van der Waals surface area contributed by atoms with Crippen LogP contribution in [0.4, 0.5) is 4.39 Å². The van der Waals surface area contributed by atoms with Crippen LogP contribution in [0.1, 0.15) is 17.0 Å². The summed E-state index contributed by atoms with van der Waals surface area (Å²) in [6.45, 7) is 2.18. The SMILES string of the molecule is Cc1ccc(S(=O)(=O)[C@@H]2[C@@H](CN)[C@H]2c2cccc(F)c2)cc1. The van der Waals surface area contributed by atoms with E-state index in [1.807, 2.05) is 6.92 Å². The van der Waals surface area contributed by atoms with E-state index < -0.39 is 15.1 Å². The van der Waals surface area contributed by atoms with Gasteiger partial charge in [0, 0.05) is 5.92 Å². The highest BCUT2D eigenvalue weighted by Crippen LogP contribution is 2.53. The van der Waals surface area contributed by atoms with E-state index in [0.717, 1.165) is 5.56 Å². The number of halogens is 1. The third kappa shape index (κ3) is 2.55. The first-order chi connectivity index (χ1) is 10.4. The molecule has 3 rings (SSSR count). The highest BCUT2D eigenvalue weighted by atomic mass is 32.2. The lowest BCUT2D eigenvalue weighted by Crippen LogP contribution is -2.13. The second kappa shape index (κ2) is 5.48. The summed E-state index contributed by atoms with van der Waals surface area (Å²) in [5, 5.41) is -0.568. The van der Waals surface area contributed by atoms with Gasteiger partial charge in [-0.05, 0) is 49.2 Å². The van der Waals surface area contributed by atoms with Gasteiger partial charge >= 0.3 is 0 Å². The molecule has 0 spiro atoms. The minimum absolute atomic E-state index is 0.159. The number of aryl methyl sites for hydroxylation is 1. The van der Waals surface area contributed by atoms with Crippen LogP contribution in [0.5, 0.6) is 0 Å². The van der Waals surface area contributed by atoms with Crippen molar-refractivity contribution in [2.45, 2.75) is 23.0 Å². The second-order valence-corrected chi connectivity index (χ2v) is 7.91. The fraction of sp³-hybridized carbons (Fsp3) is 0.294. The Morgan fingerprint density at radius 2 is 1.82 bits per heavy atom. The largest absolute Gasteiger partial charge is 0.330 e. The summed E-state index contributed by atoms with van der Waals surface area (Å²) >= 11 is 0. The standard InChI is InChI=1S/C17H18FNO2S/c1-11-5-7-14(8-6-11)22(20,21)17-15(10-19)16(17)12-3-2-4-13(18)9-12/h2-9,15-17H,10,19H2,1H3/t15-,16+,17+/m0/s1. The lowest BCUT2D eigenvalue weighted by atomic mass is 10.1. The molecule has 2 N–H and O–H groups in total. The Labute approximate surface area is 129 Å². The Kier molecular flexibility index (Phi) is 3.78. The number of nitrogens with two attached hydrogens (primary N) is 1. The topological polar surface area (TPSA) is 60.2 Å². The number of benzene rings is 2. The zero-order chi connectivity index (χ0) is 15.9. The first kappa shape index (κ1) is 15.2. The minimum Gasteiger partial charge on any atom is -0.330 e. The van der Waals surface area contributed by atoms with Crippen molar-refractivity contribution < 1.29 is 12.8 Å². The third-order valence-corrected chi connectivity index (χ3v) is 6.60. The molecular formula is C17H18FNO2S. The quantitative estimate of drug-likeness (QED) is 0.942. The molecule has 0 saturated heterocycles. The maximum Gasteiger partial charge on any atom is 0.182 e. The van der Waals surface area contributed by atoms with Crippen LogP contribution in [0.3, 0.4) is 0 Å². The average Bonchev–Trinajstić information content (AvgIpc) is 3.23. The van der Waals surface area contributed by atoms with E-state index in [1.54, 1.807) is 36.4 Å². The van der Waals surface area contributed by atoms with E-state index in [9.17, 15) is 12.8 Å². The van der Waals surface area contributed by atoms with Crippen molar-refractivity contribution in [2.75, 3.05) is 6.54 Å². The molecule has 22 heavy (non-hydrogen) atoms. The first-order valence-corrected chi connectivity index (χ1v) is 8.76. The second-order valence-electron chi connectivity index (χ2n) is 5.80. The lowest BCUT2D eigenvalue weighted by molar-refractivity contribution is 0.591. The normalized spacial score (nSPS) is 24.2. The van der Waals surface area contributed by atoms with Gasteiger partial charge in [0.15, 0.2) is 9.84 Å². The van der Waals surface area contributed by atoms with Gasteiger partial charge in [-0.25, -0.2) is 12.8 Å². The molecule has 0 heterocycles. The van der Waals surface area contributed by atoms with Crippen molar-refractivity contribution in [2.24, 2.45) is 11.7 Å². The monoisotopic (exact) mass is 319 g/mol. The summed E-state index contributed by atoms with van der Waals surface area (Å²) < 4.78 is 39.0. The Morgan fingerprint density at radius 1 is 1.14 bits per heavy atom. The van der Waals surface area contributed by atoms with Gasteiger partial charge in [-0.3, -0.25) is 0 Å². The summed E-state index contributed by atoms with van der Waals surface area (Å²) in [6, 6.07) is 12.9. The molecule has 1 aliphatic rings. The van der Waals surface area contributed by atoms with Crippen LogP contribution in [0.25, 0.3) is 0 Å². The molecule has 3 atom stereocenters. The van der Waals surface area contributed by atoms with E-state index >= 15 is 0 Å². The Bertz CT molecular complexity index is 787. The van der Waals surface area contributed by atoms with Gasteiger partial charge in [0.2, 0.25) is 0 Å². The molecule has 0 aromatic heterocycles. The van der Waals surface area contributed by atoms with E-state index in [0.29, 0.717) is 10.5 Å². The summed E-state index contributed by atoms with van der Waals surface area (Å²) in [7, 11) is -3.46. The Hall–Kier alpha value is -1.72. The molecule has 0 radical (unpaired) electrons. The molecule has 0 unspecified atom stereocenters. The van der Waals surface area contributed by atoms with E-state index in [1.165, 1.54) is 12.1 Å². The summed E-state index contributed by atoms with van der Waals surface area (Å²) in [5.74, 6) is -0.744. The van der Waals surface area contributed by atoms with Crippen LogP contribution < -0.4 is 5.73 Å². The molecule has 116 valence electrons. The zero-order valence-corrected chi connectivity index (χ0v) is 13.1. The van der Waals surface area contributed by atoms with Crippen molar-refractivity contribution in [3.8, 4) is 0 Å². The summed E-state index contributed by atoms with van der Waals surface area (Å²) in [4.78, 5) is 0.306. The average molecular weight is 319 g/mol. The molecule has 0 aliphatic heterocycles. The molecule has 0 amide bonds. The fourth-order valence-electron chi connectivity index (χ4n) is 3.08. The van der Waals surface area contributed by atoms with E-state index in [-0.39, 0.29) is 24.2 Å². The van der Waals surface area contributed by atoms with Crippen molar-refractivity contribution >= 4 is 9.84 Å². The minimum atomic E-state index is -3.46. The summed E-state index contributed by atoms with van der Waals surface area (Å²) in [6.07, 6.45) is 0. The number of hydrogen-bond acceptors (Lipinski definition) is 3. The lowest BCUT2D eigenvalue weighted by Gasteiger charge is -2.05. The number of hydrogen-bond donors (Lipinski definition) is 1.